The Morgan fingerprint density at radius 1 is 1.18 bits per heavy atom. The molecule has 0 radical (unpaired) electrons. The third-order valence-corrected chi connectivity index (χ3v) is 10.3. The van der Waals surface area contributed by atoms with Gasteiger partial charge in [0.25, 0.3) is 5.91 Å². The Bertz CT molecular complexity index is 949. The molecule has 0 spiro atoms. The number of halogens is 1. The Morgan fingerprint density at radius 2 is 2.00 bits per heavy atom. The van der Waals surface area contributed by atoms with E-state index in [1.165, 1.54) is 31.0 Å². The van der Waals surface area contributed by atoms with Crippen molar-refractivity contribution in [2.45, 2.75) is 49.4 Å². The molecule has 5 rings (SSSR count). The van der Waals surface area contributed by atoms with Crippen molar-refractivity contribution in [1.29, 1.82) is 0 Å². The second-order valence-electron chi connectivity index (χ2n) is 8.51. The molecule has 2 bridgehead atoms. The van der Waals surface area contributed by atoms with Gasteiger partial charge in [-0.3, -0.25) is 4.79 Å². The molecule has 1 aromatic carbocycles. The van der Waals surface area contributed by atoms with Crippen molar-refractivity contribution in [3.8, 4) is 0 Å². The van der Waals surface area contributed by atoms with Gasteiger partial charge in [-0.05, 0) is 42.7 Å². The van der Waals surface area contributed by atoms with Crippen LogP contribution in [0.3, 0.4) is 0 Å². The molecule has 0 N–H and O–H groups in total. The number of nitrogens with zero attached hydrogens (tertiary/aromatic N) is 2. The molecule has 28 heavy (non-hydrogen) atoms. The molecule has 4 aliphatic rings. The number of amides is 1. The highest BCUT2D eigenvalue weighted by atomic mass is 35.5. The van der Waals surface area contributed by atoms with Gasteiger partial charge < -0.3 is 4.90 Å². The number of carbonyl (C=O) groups excluding carboxylic acids is 1. The topological polar surface area (TPSA) is 66.8 Å². The summed E-state index contributed by atoms with van der Waals surface area (Å²) in [5, 5.41) is 1.30. The number of carbonyl (C=O) groups is 1. The molecular weight excluding hydrogens is 416 g/mol. The molecule has 5 atom stereocenters. The quantitative estimate of drug-likeness (QED) is 0.725. The van der Waals surface area contributed by atoms with Gasteiger partial charge in [0, 0.05) is 16.3 Å². The predicted octanol–water partition coefficient (Wildman–Crippen LogP) is 3.17. The van der Waals surface area contributed by atoms with Gasteiger partial charge in [0.05, 0.1) is 24.0 Å². The molecule has 1 aromatic rings. The third kappa shape index (κ3) is 3.39. The average molecular weight is 439 g/mol. The molecule has 2 heterocycles. The summed E-state index contributed by atoms with van der Waals surface area (Å²) in [6, 6.07) is 7.62. The predicted molar refractivity (Wildman–Crippen MR) is 112 cm³/mol. The van der Waals surface area contributed by atoms with E-state index in [0.717, 1.165) is 23.1 Å². The van der Waals surface area contributed by atoms with Crippen molar-refractivity contribution >= 4 is 44.3 Å². The highest BCUT2D eigenvalue weighted by molar-refractivity contribution is 8.15. The first-order valence-electron chi connectivity index (χ1n) is 9.90. The number of sulfone groups is 1. The Balaban J connectivity index is 1.42. The molecule has 0 aromatic heterocycles. The minimum absolute atomic E-state index is 0.00371. The summed E-state index contributed by atoms with van der Waals surface area (Å²) in [7, 11) is -3.01. The molecule has 2 saturated carbocycles. The Hall–Kier alpha value is -1.05. The summed E-state index contributed by atoms with van der Waals surface area (Å²) in [5.74, 6) is 1.52. The lowest BCUT2D eigenvalue weighted by Crippen LogP contribution is -2.47. The van der Waals surface area contributed by atoms with E-state index in [-0.39, 0.29) is 35.1 Å². The van der Waals surface area contributed by atoms with Crippen LogP contribution in [0.4, 0.5) is 0 Å². The maximum absolute atomic E-state index is 12.7. The zero-order chi connectivity index (χ0) is 19.5. The number of hydrogen-bond acceptors (Lipinski definition) is 4. The van der Waals surface area contributed by atoms with Crippen LogP contribution >= 0.6 is 23.4 Å². The summed E-state index contributed by atoms with van der Waals surface area (Å²) in [6.45, 7) is 0. The molecule has 2 saturated heterocycles. The van der Waals surface area contributed by atoms with Gasteiger partial charge >= 0.3 is 0 Å². The van der Waals surface area contributed by atoms with Gasteiger partial charge in [-0.25, -0.2) is 8.42 Å². The van der Waals surface area contributed by atoms with Gasteiger partial charge in [-0.15, -0.1) is 0 Å². The van der Waals surface area contributed by atoms with Crippen LogP contribution in [-0.2, 0) is 21.1 Å². The summed E-state index contributed by atoms with van der Waals surface area (Å²) in [4.78, 5) is 19.4. The first-order valence-corrected chi connectivity index (χ1v) is 13.0. The lowest BCUT2D eigenvalue weighted by molar-refractivity contribution is -0.117. The second kappa shape index (κ2) is 7.03. The van der Waals surface area contributed by atoms with Crippen LogP contribution in [0.25, 0.3) is 0 Å². The van der Waals surface area contributed by atoms with Crippen molar-refractivity contribution in [1.82, 2.24) is 4.90 Å². The molecule has 2 aliphatic carbocycles. The third-order valence-electron chi connectivity index (χ3n) is 6.68. The summed E-state index contributed by atoms with van der Waals surface area (Å²) in [5.41, 5.74) is 0.774. The fourth-order valence-corrected chi connectivity index (χ4v) is 9.67. The first-order chi connectivity index (χ1) is 13.4. The van der Waals surface area contributed by atoms with Crippen LogP contribution in [0.5, 0.6) is 0 Å². The number of thioether (sulfide) groups is 1. The average Bonchev–Trinajstić information content (AvgIpc) is 3.36. The second-order valence-corrected chi connectivity index (χ2v) is 12.3. The minimum Gasteiger partial charge on any atom is -0.343 e. The lowest BCUT2D eigenvalue weighted by Gasteiger charge is -2.36. The van der Waals surface area contributed by atoms with Crippen molar-refractivity contribution in [3.63, 3.8) is 0 Å². The van der Waals surface area contributed by atoms with Gasteiger partial charge in [-0.1, -0.05) is 48.0 Å². The summed E-state index contributed by atoms with van der Waals surface area (Å²) < 4.78 is 24.4. The molecule has 8 heteroatoms. The van der Waals surface area contributed by atoms with Gasteiger partial charge in [0.2, 0.25) is 0 Å². The van der Waals surface area contributed by atoms with E-state index in [1.54, 1.807) is 6.07 Å². The Labute approximate surface area is 174 Å². The smallest absolute Gasteiger partial charge is 0.252 e. The maximum atomic E-state index is 12.7. The summed E-state index contributed by atoms with van der Waals surface area (Å²) in [6.07, 6.45) is 5.00. The highest BCUT2D eigenvalue weighted by Gasteiger charge is 2.54. The lowest BCUT2D eigenvalue weighted by atomic mass is 9.93. The van der Waals surface area contributed by atoms with Gasteiger partial charge in [-0.2, -0.15) is 4.99 Å². The van der Waals surface area contributed by atoms with Crippen molar-refractivity contribution in [2.75, 3.05) is 11.5 Å². The fourth-order valence-electron chi connectivity index (χ4n) is 5.48. The molecule has 4 fully saturated rings. The maximum Gasteiger partial charge on any atom is 0.252 e. The normalized spacial score (nSPS) is 37.0. The molecule has 1 amide bonds. The molecule has 2 aliphatic heterocycles. The molecule has 150 valence electrons. The Morgan fingerprint density at radius 3 is 2.71 bits per heavy atom. The largest absolute Gasteiger partial charge is 0.343 e. The van der Waals surface area contributed by atoms with Crippen LogP contribution in [0.2, 0.25) is 5.02 Å². The van der Waals surface area contributed by atoms with Crippen molar-refractivity contribution in [2.24, 2.45) is 16.8 Å². The Kier molecular flexibility index (Phi) is 4.75. The van der Waals surface area contributed by atoms with Crippen LogP contribution in [0, 0.1) is 11.8 Å². The minimum atomic E-state index is -3.01. The number of rotatable bonds is 3. The highest BCUT2D eigenvalue weighted by Crippen LogP contribution is 2.51. The zero-order valence-electron chi connectivity index (χ0n) is 15.5. The zero-order valence-corrected chi connectivity index (χ0v) is 17.8. The standard InChI is InChI=1S/C20H23ClN2O3S2/c21-15-4-2-1-3-13(15)9-19(24)22-20-23(16-8-12-5-6-14(16)7-12)17-10-28(25,26)11-18(17)27-20/h1-4,12,14,16-18H,5-11H2/t12-,14-,16+,17-,18+/m0/s1. The van der Waals surface area contributed by atoms with E-state index in [1.807, 2.05) is 18.2 Å². The molecule has 0 unspecified atom stereocenters. The number of hydrogen-bond donors (Lipinski definition) is 0. The van der Waals surface area contributed by atoms with E-state index < -0.39 is 9.84 Å². The fraction of sp³-hybridized carbons (Fsp3) is 0.600. The van der Waals surface area contributed by atoms with Crippen LogP contribution in [0.1, 0.15) is 31.2 Å². The molecular formula is C20H23ClN2O3S2. The number of amidine groups is 1. The van der Waals surface area contributed by atoms with E-state index in [2.05, 4.69) is 9.89 Å². The van der Waals surface area contributed by atoms with Gasteiger partial charge in [0.1, 0.15) is 0 Å². The first kappa shape index (κ1) is 18.9. The van der Waals surface area contributed by atoms with E-state index >= 15 is 0 Å². The number of fused-ring (bicyclic) bond motifs is 3. The number of benzene rings is 1. The van der Waals surface area contributed by atoms with Crippen LogP contribution in [-0.4, -0.2) is 53.2 Å². The molecule has 5 nitrogen and oxygen atoms in total. The van der Waals surface area contributed by atoms with Crippen molar-refractivity contribution < 1.29 is 13.2 Å². The van der Waals surface area contributed by atoms with Crippen molar-refractivity contribution in [3.05, 3.63) is 34.9 Å². The SMILES string of the molecule is O=C(Cc1ccccc1Cl)N=C1S[C@@H]2CS(=O)(=O)C[C@@H]2N1[C@@H]1C[C@H]2CC[C@H]1C2. The van der Waals surface area contributed by atoms with Crippen LogP contribution < -0.4 is 0 Å². The van der Waals surface area contributed by atoms with E-state index in [4.69, 9.17) is 11.6 Å². The monoisotopic (exact) mass is 438 g/mol. The van der Waals surface area contributed by atoms with Gasteiger partial charge in [0.15, 0.2) is 15.0 Å². The summed E-state index contributed by atoms with van der Waals surface area (Å²) >= 11 is 7.68. The number of aliphatic imine (C=N–C) groups is 1. The van der Waals surface area contributed by atoms with E-state index in [0.29, 0.717) is 17.0 Å². The van der Waals surface area contributed by atoms with Crippen LogP contribution in [0.15, 0.2) is 29.3 Å². The van der Waals surface area contributed by atoms with E-state index in [9.17, 15) is 13.2 Å².